The number of nitrogens with one attached hydrogen (secondary N) is 1. The van der Waals surface area contributed by atoms with Gasteiger partial charge < -0.3 is 15.2 Å². The van der Waals surface area contributed by atoms with Crippen LogP contribution in [0.1, 0.15) is 11.1 Å². The predicted molar refractivity (Wildman–Crippen MR) is 74.7 cm³/mol. The number of hydrogen-bond donors (Lipinski definition) is 2. The van der Waals surface area contributed by atoms with E-state index in [1.54, 1.807) is 36.4 Å². The van der Waals surface area contributed by atoms with Gasteiger partial charge in [0.15, 0.2) is 11.5 Å². The third-order valence-corrected chi connectivity index (χ3v) is 2.82. The average molecular weight is 274 g/mol. The Labute approximate surface area is 116 Å². The number of ether oxygens (including phenoxy) is 2. The molecule has 0 unspecified atom stereocenters. The van der Waals surface area contributed by atoms with Gasteiger partial charge >= 0.3 is 0 Å². The van der Waals surface area contributed by atoms with Crippen molar-refractivity contribution in [1.82, 2.24) is 0 Å². The molecule has 104 valence electrons. The van der Waals surface area contributed by atoms with E-state index in [4.69, 9.17) is 20.6 Å². The van der Waals surface area contributed by atoms with E-state index in [1.807, 2.05) is 0 Å². The van der Waals surface area contributed by atoms with Crippen molar-refractivity contribution in [3.05, 3.63) is 59.4 Å². The van der Waals surface area contributed by atoms with Gasteiger partial charge in [-0.05, 0) is 18.2 Å². The van der Waals surface area contributed by atoms with Crippen LogP contribution in [0.15, 0.2) is 42.5 Å². The topological polar surface area (TPSA) is 68.3 Å². The number of rotatable bonds is 5. The van der Waals surface area contributed by atoms with Crippen LogP contribution in [0.2, 0.25) is 0 Å². The molecule has 0 saturated carbocycles. The zero-order valence-electron chi connectivity index (χ0n) is 11.0. The summed E-state index contributed by atoms with van der Waals surface area (Å²) in [4.78, 5) is 0. The normalized spacial score (nSPS) is 10.1. The van der Waals surface area contributed by atoms with Crippen molar-refractivity contribution in [3.8, 4) is 11.5 Å². The van der Waals surface area contributed by atoms with Crippen LogP contribution >= 0.6 is 0 Å². The minimum absolute atomic E-state index is 0.0350. The molecule has 0 amide bonds. The van der Waals surface area contributed by atoms with Crippen molar-refractivity contribution in [2.45, 2.75) is 6.61 Å². The van der Waals surface area contributed by atoms with Crippen LogP contribution < -0.4 is 15.2 Å². The first-order valence-corrected chi connectivity index (χ1v) is 6.01. The van der Waals surface area contributed by atoms with E-state index < -0.39 is 0 Å². The molecule has 0 radical (unpaired) electrons. The van der Waals surface area contributed by atoms with E-state index >= 15 is 0 Å². The predicted octanol–water partition coefficient (Wildman–Crippen LogP) is 2.70. The molecule has 2 aromatic rings. The first kappa shape index (κ1) is 13.9. The Kier molecular flexibility index (Phi) is 4.20. The van der Waals surface area contributed by atoms with Gasteiger partial charge in [-0.25, -0.2) is 4.39 Å². The van der Waals surface area contributed by atoms with Crippen LogP contribution in [-0.4, -0.2) is 12.9 Å². The number of hydrogen-bond acceptors (Lipinski definition) is 3. The fourth-order valence-electron chi connectivity index (χ4n) is 1.80. The van der Waals surface area contributed by atoms with Crippen LogP contribution in [0, 0.1) is 11.2 Å². The van der Waals surface area contributed by atoms with Gasteiger partial charge in [-0.15, -0.1) is 0 Å². The third kappa shape index (κ3) is 2.88. The zero-order chi connectivity index (χ0) is 14.5. The number of para-hydroxylation sites is 1. The summed E-state index contributed by atoms with van der Waals surface area (Å²) in [5.41, 5.74) is 6.35. The van der Waals surface area contributed by atoms with Crippen molar-refractivity contribution in [2.24, 2.45) is 5.73 Å². The van der Waals surface area contributed by atoms with Gasteiger partial charge in [-0.1, -0.05) is 24.3 Å². The SMILES string of the molecule is COc1cccc(C(=N)N)c1OCc1ccccc1F. The molecule has 0 heterocycles. The third-order valence-electron chi connectivity index (χ3n) is 2.82. The van der Waals surface area contributed by atoms with Crippen molar-refractivity contribution < 1.29 is 13.9 Å². The second kappa shape index (κ2) is 6.06. The molecule has 3 N–H and O–H groups in total. The first-order chi connectivity index (χ1) is 9.63. The summed E-state index contributed by atoms with van der Waals surface area (Å²) in [6.07, 6.45) is 0. The largest absolute Gasteiger partial charge is 0.493 e. The lowest BCUT2D eigenvalue weighted by molar-refractivity contribution is 0.279. The standard InChI is InChI=1S/C15H15FN2O2/c1-19-13-8-4-6-11(15(17)18)14(13)20-9-10-5-2-3-7-12(10)16/h2-8H,9H2,1H3,(H3,17,18). The summed E-state index contributed by atoms with van der Waals surface area (Å²) in [5, 5.41) is 7.54. The highest BCUT2D eigenvalue weighted by Crippen LogP contribution is 2.31. The van der Waals surface area contributed by atoms with Crippen molar-refractivity contribution in [1.29, 1.82) is 5.41 Å². The number of halogens is 1. The molecule has 0 atom stereocenters. The molecule has 0 bridgehead atoms. The molecular formula is C15H15FN2O2. The summed E-state index contributed by atoms with van der Waals surface area (Å²) in [5.74, 6) is 0.319. The van der Waals surface area contributed by atoms with Gasteiger partial charge in [-0.3, -0.25) is 5.41 Å². The first-order valence-electron chi connectivity index (χ1n) is 6.01. The van der Waals surface area contributed by atoms with Crippen LogP contribution in [-0.2, 0) is 6.61 Å². The molecule has 0 saturated heterocycles. The summed E-state index contributed by atoms with van der Waals surface area (Å²) >= 11 is 0. The second-order valence-electron chi connectivity index (χ2n) is 4.13. The van der Waals surface area contributed by atoms with E-state index in [2.05, 4.69) is 0 Å². The Morgan fingerprint density at radius 3 is 2.60 bits per heavy atom. The fraction of sp³-hybridized carbons (Fsp3) is 0.133. The van der Waals surface area contributed by atoms with Gasteiger partial charge in [-0.2, -0.15) is 0 Å². The molecular weight excluding hydrogens is 259 g/mol. The van der Waals surface area contributed by atoms with Crippen LogP contribution in [0.25, 0.3) is 0 Å². The zero-order valence-corrected chi connectivity index (χ0v) is 11.0. The summed E-state index contributed by atoms with van der Waals surface area (Å²) < 4.78 is 24.3. The second-order valence-corrected chi connectivity index (χ2v) is 4.13. The lowest BCUT2D eigenvalue weighted by atomic mass is 10.1. The van der Waals surface area contributed by atoms with E-state index in [-0.39, 0.29) is 18.3 Å². The number of nitrogens with two attached hydrogens (primary N) is 1. The maximum absolute atomic E-state index is 13.6. The monoisotopic (exact) mass is 274 g/mol. The molecule has 5 heteroatoms. The molecule has 4 nitrogen and oxygen atoms in total. The summed E-state index contributed by atoms with van der Waals surface area (Å²) in [6, 6.07) is 11.4. The van der Waals surface area contributed by atoms with Crippen molar-refractivity contribution in [2.75, 3.05) is 7.11 Å². The summed E-state index contributed by atoms with van der Waals surface area (Å²) in [7, 11) is 1.50. The lowest BCUT2D eigenvalue weighted by Crippen LogP contribution is -2.14. The molecule has 0 fully saturated rings. The van der Waals surface area contributed by atoms with Crippen LogP contribution in [0.5, 0.6) is 11.5 Å². The lowest BCUT2D eigenvalue weighted by Gasteiger charge is -2.14. The molecule has 2 aromatic carbocycles. The molecule has 0 aliphatic carbocycles. The van der Waals surface area contributed by atoms with Crippen molar-refractivity contribution >= 4 is 5.84 Å². The molecule has 0 aliphatic rings. The molecule has 0 aliphatic heterocycles. The van der Waals surface area contributed by atoms with E-state index in [0.717, 1.165) is 0 Å². The Bertz CT molecular complexity index is 629. The van der Waals surface area contributed by atoms with Gasteiger partial charge in [0, 0.05) is 5.56 Å². The Morgan fingerprint density at radius 1 is 1.20 bits per heavy atom. The number of methoxy groups -OCH3 is 1. The van der Waals surface area contributed by atoms with Gasteiger partial charge in [0.2, 0.25) is 0 Å². The number of benzene rings is 2. The number of amidine groups is 1. The molecule has 2 rings (SSSR count). The van der Waals surface area contributed by atoms with E-state index in [0.29, 0.717) is 22.6 Å². The maximum atomic E-state index is 13.6. The minimum Gasteiger partial charge on any atom is -0.493 e. The number of nitrogen functional groups attached to an aromatic ring is 1. The highest BCUT2D eigenvalue weighted by molar-refractivity contribution is 5.98. The fourth-order valence-corrected chi connectivity index (χ4v) is 1.80. The van der Waals surface area contributed by atoms with Gasteiger partial charge in [0.05, 0.1) is 12.7 Å². The smallest absolute Gasteiger partial charge is 0.172 e. The van der Waals surface area contributed by atoms with E-state index in [1.165, 1.54) is 13.2 Å². The van der Waals surface area contributed by atoms with Crippen molar-refractivity contribution in [3.63, 3.8) is 0 Å². The molecule has 0 spiro atoms. The van der Waals surface area contributed by atoms with E-state index in [9.17, 15) is 4.39 Å². The Hall–Kier alpha value is -2.56. The molecule has 0 aromatic heterocycles. The Balaban J connectivity index is 2.29. The van der Waals surface area contributed by atoms with Gasteiger partial charge in [0.1, 0.15) is 18.3 Å². The minimum atomic E-state index is -0.341. The van der Waals surface area contributed by atoms with Crippen LogP contribution in [0.4, 0.5) is 4.39 Å². The maximum Gasteiger partial charge on any atom is 0.172 e. The quantitative estimate of drug-likeness (QED) is 0.650. The molecule has 20 heavy (non-hydrogen) atoms. The highest BCUT2D eigenvalue weighted by atomic mass is 19.1. The Morgan fingerprint density at radius 2 is 1.95 bits per heavy atom. The average Bonchev–Trinajstić information content (AvgIpc) is 2.46. The highest BCUT2D eigenvalue weighted by Gasteiger charge is 2.13. The van der Waals surface area contributed by atoms with Gasteiger partial charge in [0.25, 0.3) is 0 Å². The summed E-state index contributed by atoms with van der Waals surface area (Å²) in [6.45, 7) is 0.0350. The van der Waals surface area contributed by atoms with Crippen LogP contribution in [0.3, 0.4) is 0 Å².